The fraction of sp³-hybridized carbons (Fsp3) is 0. The largest absolute Gasteiger partial charge is 0.396 e. The van der Waals surface area contributed by atoms with Gasteiger partial charge < -0.3 is 11.5 Å². The molecule has 2 aromatic carbocycles. The van der Waals surface area contributed by atoms with E-state index in [-0.39, 0.29) is 0 Å². The van der Waals surface area contributed by atoms with Crippen molar-refractivity contribution in [1.82, 2.24) is 9.97 Å². The third-order valence-electron chi connectivity index (χ3n) is 3.36. The summed E-state index contributed by atoms with van der Waals surface area (Å²) in [6, 6.07) is 19.7. The van der Waals surface area contributed by atoms with E-state index in [2.05, 4.69) is 22.1 Å². The number of nitrogen functional groups attached to an aromatic ring is 2. The molecule has 2 heterocycles. The lowest BCUT2D eigenvalue weighted by molar-refractivity contribution is 1.41. The van der Waals surface area contributed by atoms with E-state index in [4.69, 9.17) is 11.5 Å². The molecule has 0 saturated heterocycles. The maximum atomic E-state index is 5.75. The second-order valence-electron chi connectivity index (χ2n) is 4.84. The second-order valence-corrected chi connectivity index (χ2v) is 4.84. The molecule has 0 aliphatic carbocycles. The molecule has 2 aromatic heterocycles. The Balaban J connectivity index is 0.000000133. The van der Waals surface area contributed by atoms with E-state index in [0.29, 0.717) is 11.4 Å². The van der Waals surface area contributed by atoms with Crippen LogP contribution in [0.3, 0.4) is 0 Å². The van der Waals surface area contributed by atoms with Gasteiger partial charge in [-0.3, -0.25) is 9.97 Å². The van der Waals surface area contributed by atoms with E-state index in [1.165, 1.54) is 5.39 Å². The predicted molar refractivity (Wildman–Crippen MR) is 92.3 cm³/mol. The number of rotatable bonds is 0. The fourth-order valence-corrected chi connectivity index (χ4v) is 2.19. The SMILES string of the molecule is Nc1cnc2ccccc2c1N.c1ccc2ncccc2c1. The Labute approximate surface area is 128 Å². The number of nitrogens with zero attached hydrogens (tertiary/aromatic N) is 2. The third kappa shape index (κ3) is 2.81. The van der Waals surface area contributed by atoms with Crippen molar-refractivity contribution in [3.05, 3.63) is 73.1 Å². The number of aromatic nitrogens is 2. The number of hydrogen-bond donors (Lipinski definition) is 2. The summed E-state index contributed by atoms with van der Waals surface area (Å²) in [6.45, 7) is 0. The van der Waals surface area contributed by atoms with Crippen LogP contribution < -0.4 is 11.5 Å². The maximum Gasteiger partial charge on any atom is 0.0740 e. The minimum Gasteiger partial charge on any atom is -0.396 e. The molecule has 0 bridgehead atoms. The number of anilines is 2. The number of hydrogen-bond acceptors (Lipinski definition) is 4. The van der Waals surface area contributed by atoms with E-state index in [9.17, 15) is 0 Å². The Morgan fingerprint density at radius 3 is 2.18 bits per heavy atom. The smallest absolute Gasteiger partial charge is 0.0740 e. The van der Waals surface area contributed by atoms with Crippen LogP contribution in [0.5, 0.6) is 0 Å². The highest BCUT2D eigenvalue weighted by Gasteiger charge is 2.00. The highest BCUT2D eigenvalue weighted by molar-refractivity contribution is 5.95. The van der Waals surface area contributed by atoms with Crippen LogP contribution in [-0.2, 0) is 0 Å². The lowest BCUT2D eigenvalue weighted by Crippen LogP contribution is -1.96. The first-order valence-corrected chi connectivity index (χ1v) is 6.94. The van der Waals surface area contributed by atoms with Crippen molar-refractivity contribution < 1.29 is 0 Å². The second kappa shape index (κ2) is 6.10. The summed E-state index contributed by atoms with van der Waals surface area (Å²) in [6.07, 6.45) is 3.39. The highest BCUT2D eigenvalue weighted by Crippen LogP contribution is 2.23. The van der Waals surface area contributed by atoms with Gasteiger partial charge in [-0.1, -0.05) is 42.5 Å². The van der Waals surface area contributed by atoms with Gasteiger partial charge in [0.15, 0.2) is 0 Å². The molecule has 0 spiro atoms. The van der Waals surface area contributed by atoms with Crippen molar-refractivity contribution >= 4 is 33.2 Å². The molecule has 4 nitrogen and oxygen atoms in total. The van der Waals surface area contributed by atoms with Crippen molar-refractivity contribution in [1.29, 1.82) is 0 Å². The van der Waals surface area contributed by atoms with Crippen molar-refractivity contribution in [2.45, 2.75) is 0 Å². The average Bonchev–Trinajstić information content (AvgIpc) is 2.59. The van der Waals surface area contributed by atoms with Crippen molar-refractivity contribution in [3.63, 3.8) is 0 Å². The molecule has 0 saturated carbocycles. The van der Waals surface area contributed by atoms with E-state index in [1.54, 1.807) is 6.20 Å². The molecule has 4 rings (SSSR count). The van der Waals surface area contributed by atoms with Gasteiger partial charge >= 0.3 is 0 Å². The minimum atomic E-state index is 0.536. The van der Waals surface area contributed by atoms with Crippen LogP contribution >= 0.6 is 0 Å². The van der Waals surface area contributed by atoms with Gasteiger partial charge in [0.05, 0.1) is 28.6 Å². The first-order chi connectivity index (χ1) is 10.8. The number of nitrogens with two attached hydrogens (primary N) is 2. The molecule has 4 aromatic rings. The predicted octanol–water partition coefficient (Wildman–Crippen LogP) is 3.63. The average molecular weight is 288 g/mol. The molecule has 0 atom stereocenters. The maximum absolute atomic E-state index is 5.75. The first kappa shape index (κ1) is 13.8. The van der Waals surface area contributed by atoms with Crippen LogP contribution in [-0.4, -0.2) is 9.97 Å². The van der Waals surface area contributed by atoms with Gasteiger partial charge in [-0.15, -0.1) is 0 Å². The third-order valence-corrected chi connectivity index (χ3v) is 3.36. The lowest BCUT2D eigenvalue weighted by Gasteiger charge is -2.02. The van der Waals surface area contributed by atoms with Crippen LogP contribution in [0.15, 0.2) is 73.1 Å². The summed E-state index contributed by atoms with van der Waals surface area (Å²) < 4.78 is 0. The lowest BCUT2D eigenvalue weighted by atomic mass is 10.2. The molecule has 4 heteroatoms. The molecule has 108 valence electrons. The quantitative estimate of drug-likeness (QED) is 0.518. The molecular formula is C18H16N4. The van der Waals surface area contributed by atoms with E-state index in [1.807, 2.05) is 54.7 Å². The van der Waals surface area contributed by atoms with Gasteiger partial charge in [0.1, 0.15) is 0 Å². The van der Waals surface area contributed by atoms with Gasteiger partial charge in [-0.25, -0.2) is 0 Å². The summed E-state index contributed by atoms with van der Waals surface area (Å²) >= 11 is 0. The Morgan fingerprint density at radius 2 is 1.36 bits per heavy atom. The zero-order valence-electron chi connectivity index (χ0n) is 12.0. The van der Waals surface area contributed by atoms with Gasteiger partial charge in [0.25, 0.3) is 0 Å². The topological polar surface area (TPSA) is 77.8 Å². The Kier molecular flexibility index (Phi) is 3.83. The molecule has 0 unspecified atom stereocenters. The summed E-state index contributed by atoms with van der Waals surface area (Å²) in [5, 5.41) is 2.11. The van der Waals surface area contributed by atoms with Crippen LogP contribution in [0.1, 0.15) is 0 Å². The van der Waals surface area contributed by atoms with Gasteiger partial charge in [-0.2, -0.15) is 0 Å². The number of pyridine rings is 2. The molecule has 0 aliphatic rings. The van der Waals surface area contributed by atoms with Gasteiger partial charge in [0.2, 0.25) is 0 Å². The Morgan fingerprint density at radius 1 is 0.682 bits per heavy atom. The molecule has 0 amide bonds. The number of para-hydroxylation sites is 2. The number of fused-ring (bicyclic) bond motifs is 2. The Bertz CT molecular complexity index is 853. The standard InChI is InChI=1S/C9H9N3.C9H7N/c10-7-5-12-8-4-2-1-3-6(8)9(7)11;1-2-6-9-8(4-1)5-3-7-10-9/h1-5H,10H2,(H2,11,12);1-7H. The summed E-state index contributed by atoms with van der Waals surface area (Å²) in [7, 11) is 0. The summed E-state index contributed by atoms with van der Waals surface area (Å²) in [5.74, 6) is 0. The normalized spacial score (nSPS) is 10.2. The first-order valence-electron chi connectivity index (χ1n) is 6.94. The van der Waals surface area contributed by atoms with Crippen LogP contribution in [0, 0.1) is 0 Å². The fourth-order valence-electron chi connectivity index (χ4n) is 2.19. The van der Waals surface area contributed by atoms with E-state index < -0.39 is 0 Å². The van der Waals surface area contributed by atoms with Crippen LogP contribution in [0.4, 0.5) is 11.4 Å². The molecule has 22 heavy (non-hydrogen) atoms. The monoisotopic (exact) mass is 288 g/mol. The molecular weight excluding hydrogens is 272 g/mol. The minimum absolute atomic E-state index is 0.536. The van der Waals surface area contributed by atoms with Crippen molar-refractivity contribution in [3.8, 4) is 0 Å². The summed E-state index contributed by atoms with van der Waals surface area (Å²) in [4.78, 5) is 8.32. The van der Waals surface area contributed by atoms with Gasteiger partial charge in [0, 0.05) is 17.0 Å². The van der Waals surface area contributed by atoms with Crippen LogP contribution in [0.2, 0.25) is 0 Å². The van der Waals surface area contributed by atoms with Crippen LogP contribution in [0.25, 0.3) is 21.8 Å². The zero-order chi connectivity index (χ0) is 15.4. The number of benzene rings is 2. The van der Waals surface area contributed by atoms with Crippen molar-refractivity contribution in [2.24, 2.45) is 0 Å². The molecule has 0 radical (unpaired) electrons. The van der Waals surface area contributed by atoms with E-state index in [0.717, 1.165) is 16.4 Å². The van der Waals surface area contributed by atoms with Gasteiger partial charge in [-0.05, 0) is 18.2 Å². The van der Waals surface area contributed by atoms with Crippen molar-refractivity contribution in [2.75, 3.05) is 11.5 Å². The summed E-state index contributed by atoms with van der Waals surface area (Å²) in [5.41, 5.74) is 14.4. The molecule has 4 N–H and O–H groups in total. The Hall–Kier alpha value is -3.14. The molecule has 0 fully saturated rings. The van der Waals surface area contributed by atoms with E-state index >= 15 is 0 Å². The molecule has 0 aliphatic heterocycles. The highest BCUT2D eigenvalue weighted by atomic mass is 14.8. The zero-order valence-corrected chi connectivity index (χ0v) is 12.0.